The van der Waals surface area contributed by atoms with Crippen molar-refractivity contribution in [1.29, 1.82) is 0 Å². The van der Waals surface area contributed by atoms with Crippen molar-refractivity contribution in [3.05, 3.63) is 28.0 Å². The Kier molecular flexibility index (Phi) is 5.33. The topological polar surface area (TPSA) is 88.5 Å². The fourth-order valence-electron chi connectivity index (χ4n) is 1.11. The van der Waals surface area contributed by atoms with Crippen molar-refractivity contribution >= 4 is 35.1 Å². The molecular formula is C10H10Cl2N2O4. The third kappa shape index (κ3) is 4.14. The van der Waals surface area contributed by atoms with Gasteiger partial charge in [-0.1, -0.05) is 23.2 Å². The van der Waals surface area contributed by atoms with Crippen LogP contribution in [0.1, 0.15) is 10.4 Å². The Morgan fingerprint density at radius 2 is 2.00 bits per heavy atom. The first-order valence-electron chi connectivity index (χ1n) is 4.81. The number of carbonyl (C=O) groups is 2. The fourth-order valence-corrected chi connectivity index (χ4v) is 1.57. The maximum Gasteiger partial charge on any atom is 0.336 e. The van der Waals surface area contributed by atoms with Crippen LogP contribution in [0.2, 0.25) is 10.3 Å². The van der Waals surface area contributed by atoms with Crippen LogP contribution in [-0.2, 0) is 9.53 Å². The average Bonchev–Trinajstić information content (AvgIpc) is 2.33. The summed E-state index contributed by atoms with van der Waals surface area (Å²) in [6.45, 7) is -0.275. The van der Waals surface area contributed by atoms with E-state index in [-0.39, 0.29) is 22.4 Å². The van der Waals surface area contributed by atoms with Crippen LogP contribution in [0.4, 0.5) is 0 Å². The molecule has 0 spiro atoms. The second kappa shape index (κ2) is 6.53. The molecule has 1 amide bonds. The first kappa shape index (κ1) is 14.7. The van der Waals surface area contributed by atoms with Gasteiger partial charge in [-0.2, -0.15) is 0 Å². The molecule has 0 saturated heterocycles. The van der Waals surface area contributed by atoms with E-state index in [0.29, 0.717) is 0 Å². The van der Waals surface area contributed by atoms with Gasteiger partial charge < -0.3 is 15.2 Å². The van der Waals surface area contributed by atoms with Crippen molar-refractivity contribution in [1.82, 2.24) is 10.3 Å². The van der Waals surface area contributed by atoms with Gasteiger partial charge in [0.1, 0.15) is 10.3 Å². The van der Waals surface area contributed by atoms with Gasteiger partial charge in [0, 0.05) is 5.56 Å². The molecule has 0 fully saturated rings. The Morgan fingerprint density at radius 3 is 2.50 bits per heavy atom. The van der Waals surface area contributed by atoms with Crippen LogP contribution >= 0.6 is 23.2 Å². The summed E-state index contributed by atoms with van der Waals surface area (Å²) < 4.78 is 4.30. The van der Waals surface area contributed by atoms with E-state index in [2.05, 4.69) is 15.0 Å². The summed E-state index contributed by atoms with van der Waals surface area (Å²) in [5.41, 5.74) is 0.178. The number of pyridine rings is 1. The van der Waals surface area contributed by atoms with Gasteiger partial charge in [0.05, 0.1) is 13.7 Å². The number of carbonyl (C=O) groups excluding carboxylic acids is 2. The minimum absolute atomic E-state index is 0.0705. The maximum absolute atomic E-state index is 11.6. The minimum Gasteiger partial charge on any atom is -0.467 e. The highest BCUT2D eigenvalue weighted by Gasteiger charge is 2.17. The lowest BCUT2D eigenvalue weighted by molar-refractivity contribution is -0.149. The maximum atomic E-state index is 11.6. The zero-order chi connectivity index (χ0) is 13.7. The second-order valence-corrected chi connectivity index (χ2v) is 4.02. The highest BCUT2D eigenvalue weighted by Crippen LogP contribution is 2.14. The molecule has 0 saturated carbocycles. The van der Waals surface area contributed by atoms with Crippen LogP contribution < -0.4 is 5.32 Å². The van der Waals surface area contributed by atoms with Gasteiger partial charge in [0.25, 0.3) is 5.91 Å². The number of nitrogens with zero attached hydrogens (tertiary/aromatic N) is 1. The summed E-state index contributed by atoms with van der Waals surface area (Å²) >= 11 is 11.3. The van der Waals surface area contributed by atoms with Crippen LogP contribution in [0.3, 0.4) is 0 Å². The van der Waals surface area contributed by atoms with Crippen molar-refractivity contribution in [2.45, 2.75) is 6.10 Å². The van der Waals surface area contributed by atoms with Crippen LogP contribution in [0, 0.1) is 0 Å². The summed E-state index contributed by atoms with van der Waals surface area (Å²) in [7, 11) is 1.13. The average molecular weight is 293 g/mol. The smallest absolute Gasteiger partial charge is 0.336 e. The SMILES string of the molecule is COC(=O)C(O)CNC(=O)c1cc(Cl)nc(Cl)c1. The predicted molar refractivity (Wildman–Crippen MR) is 64.6 cm³/mol. The summed E-state index contributed by atoms with van der Waals surface area (Å²) in [4.78, 5) is 26.2. The number of nitrogens with one attached hydrogen (secondary N) is 1. The van der Waals surface area contributed by atoms with Gasteiger partial charge >= 0.3 is 5.97 Å². The standard InChI is InChI=1S/C10H10Cl2N2O4/c1-18-10(17)6(15)4-13-9(16)5-2-7(11)14-8(12)3-5/h2-3,6,15H,4H2,1H3,(H,13,16). The molecule has 0 aromatic carbocycles. The monoisotopic (exact) mass is 292 g/mol. The molecule has 2 N–H and O–H groups in total. The van der Waals surface area contributed by atoms with Crippen molar-refractivity contribution in [3.8, 4) is 0 Å². The van der Waals surface area contributed by atoms with E-state index in [4.69, 9.17) is 23.2 Å². The number of rotatable bonds is 4. The Labute approximate surface area is 113 Å². The van der Waals surface area contributed by atoms with Crippen molar-refractivity contribution < 1.29 is 19.4 Å². The summed E-state index contributed by atoms with van der Waals surface area (Å²) in [5.74, 6) is -1.37. The van der Waals surface area contributed by atoms with E-state index in [1.807, 2.05) is 0 Å². The molecule has 18 heavy (non-hydrogen) atoms. The molecule has 6 nitrogen and oxygen atoms in total. The molecule has 98 valence electrons. The molecule has 0 bridgehead atoms. The summed E-state index contributed by atoms with van der Waals surface area (Å²) in [6, 6.07) is 2.63. The molecule has 0 aliphatic rings. The van der Waals surface area contributed by atoms with Crippen molar-refractivity contribution in [2.75, 3.05) is 13.7 Å². The van der Waals surface area contributed by atoms with Crippen LogP contribution in [0.5, 0.6) is 0 Å². The molecule has 1 rings (SSSR count). The first-order chi connectivity index (χ1) is 8.43. The van der Waals surface area contributed by atoms with Gasteiger partial charge in [0.15, 0.2) is 6.10 Å². The summed E-state index contributed by atoms with van der Waals surface area (Å²) in [5, 5.41) is 11.7. The molecule has 1 atom stereocenters. The lowest BCUT2D eigenvalue weighted by Gasteiger charge is -2.09. The predicted octanol–water partition coefficient (Wildman–Crippen LogP) is 0.652. The van der Waals surface area contributed by atoms with E-state index in [1.165, 1.54) is 12.1 Å². The van der Waals surface area contributed by atoms with Gasteiger partial charge in [0.2, 0.25) is 0 Å². The highest BCUT2D eigenvalue weighted by atomic mass is 35.5. The fraction of sp³-hybridized carbons (Fsp3) is 0.300. The van der Waals surface area contributed by atoms with E-state index >= 15 is 0 Å². The molecule has 0 radical (unpaired) electrons. The number of hydrogen-bond acceptors (Lipinski definition) is 5. The van der Waals surface area contributed by atoms with E-state index in [9.17, 15) is 14.7 Å². The number of halogens is 2. The van der Waals surface area contributed by atoms with E-state index in [0.717, 1.165) is 7.11 Å². The van der Waals surface area contributed by atoms with Crippen LogP contribution in [0.15, 0.2) is 12.1 Å². The third-order valence-electron chi connectivity index (χ3n) is 1.95. The molecule has 1 aromatic heterocycles. The van der Waals surface area contributed by atoms with Gasteiger partial charge in [-0.05, 0) is 12.1 Å². The van der Waals surface area contributed by atoms with Gasteiger partial charge in [-0.25, -0.2) is 9.78 Å². The Balaban J connectivity index is 2.63. The number of ether oxygens (including phenoxy) is 1. The number of esters is 1. The van der Waals surface area contributed by atoms with Gasteiger partial charge in [-0.15, -0.1) is 0 Å². The Morgan fingerprint density at radius 1 is 1.44 bits per heavy atom. The molecular weight excluding hydrogens is 283 g/mol. The number of aliphatic hydroxyl groups excluding tert-OH is 1. The third-order valence-corrected chi connectivity index (χ3v) is 2.34. The van der Waals surface area contributed by atoms with Crippen LogP contribution in [-0.4, -0.2) is 41.7 Å². The van der Waals surface area contributed by atoms with Crippen molar-refractivity contribution in [2.24, 2.45) is 0 Å². The quantitative estimate of drug-likeness (QED) is 0.628. The molecule has 0 aliphatic carbocycles. The minimum atomic E-state index is -1.42. The first-order valence-corrected chi connectivity index (χ1v) is 5.57. The summed E-state index contributed by atoms with van der Waals surface area (Å²) in [6.07, 6.45) is -1.42. The number of aromatic nitrogens is 1. The van der Waals surface area contributed by atoms with E-state index in [1.54, 1.807) is 0 Å². The zero-order valence-electron chi connectivity index (χ0n) is 9.31. The normalized spacial score (nSPS) is 11.8. The number of aliphatic hydroxyl groups is 1. The largest absolute Gasteiger partial charge is 0.467 e. The van der Waals surface area contributed by atoms with Crippen LogP contribution in [0.25, 0.3) is 0 Å². The second-order valence-electron chi connectivity index (χ2n) is 3.25. The van der Waals surface area contributed by atoms with Crippen molar-refractivity contribution in [3.63, 3.8) is 0 Å². The molecule has 0 aliphatic heterocycles. The molecule has 8 heteroatoms. The zero-order valence-corrected chi connectivity index (χ0v) is 10.8. The lowest BCUT2D eigenvalue weighted by atomic mass is 10.2. The molecule has 1 heterocycles. The number of methoxy groups -OCH3 is 1. The highest BCUT2D eigenvalue weighted by molar-refractivity contribution is 6.33. The Bertz CT molecular complexity index is 447. The number of hydrogen-bond donors (Lipinski definition) is 2. The number of amides is 1. The molecule has 1 aromatic rings. The van der Waals surface area contributed by atoms with Gasteiger partial charge in [-0.3, -0.25) is 4.79 Å². The molecule has 1 unspecified atom stereocenters. The van der Waals surface area contributed by atoms with E-state index < -0.39 is 18.0 Å². The lowest BCUT2D eigenvalue weighted by Crippen LogP contribution is -2.37. The Hall–Kier alpha value is -1.37.